The molecule has 3 rings (SSSR count). The number of benzene rings is 1. The molecule has 1 aromatic carbocycles. The SMILES string of the molecule is Cc1ccc(S(=O)(=O)O)cc1.O=C1CCC(=O)N1Cl.c1ccncc1. The van der Waals surface area contributed by atoms with Gasteiger partial charge in [-0.15, -0.1) is 0 Å². The van der Waals surface area contributed by atoms with E-state index in [-0.39, 0.29) is 29.6 Å². The van der Waals surface area contributed by atoms with Crippen molar-refractivity contribution in [2.45, 2.75) is 24.7 Å². The summed E-state index contributed by atoms with van der Waals surface area (Å²) in [6, 6.07) is 11.7. The molecule has 7 nitrogen and oxygen atoms in total. The fourth-order valence-electron chi connectivity index (χ4n) is 1.57. The average Bonchev–Trinajstić information content (AvgIpc) is 2.88. The fraction of sp³-hybridized carbons (Fsp3) is 0.188. The maximum absolute atomic E-state index is 10.5. The number of nitrogens with zero attached hydrogens (tertiary/aromatic N) is 2. The minimum atomic E-state index is -4.02. The van der Waals surface area contributed by atoms with E-state index in [0.29, 0.717) is 4.42 Å². The summed E-state index contributed by atoms with van der Waals surface area (Å²) < 4.78 is 30.2. The molecular formula is C16H17ClN2O5S. The van der Waals surface area contributed by atoms with Crippen LogP contribution in [0.25, 0.3) is 0 Å². The Bertz CT molecular complexity index is 752. The Morgan fingerprint density at radius 1 is 1.00 bits per heavy atom. The van der Waals surface area contributed by atoms with E-state index in [1.807, 2.05) is 25.1 Å². The summed E-state index contributed by atoms with van der Waals surface area (Å²) in [6.07, 6.45) is 4.03. The zero-order chi connectivity index (χ0) is 18.9. The number of pyridine rings is 1. The maximum atomic E-state index is 10.5. The van der Waals surface area contributed by atoms with Crippen LogP contribution in [0.2, 0.25) is 0 Å². The van der Waals surface area contributed by atoms with Gasteiger partial charge in [-0.1, -0.05) is 23.8 Å². The second kappa shape index (κ2) is 9.87. The van der Waals surface area contributed by atoms with Crippen molar-refractivity contribution in [1.82, 2.24) is 9.40 Å². The molecule has 25 heavy (non-hydrogen) atoms. The van der Waals surface area contributed by atoms with Gasteiger partial charge in [0.1, 0.15) is 0 Å². The first-order valence-corrected chi connectivity index (χ1v) is 8.90. The fourth-order valence-corrected chi connectivity index (χ4v) is 2.22. The van der Waals surface area contributed by atoms with E-state index in [2.05, 4.69) is 4.98 Å². The third kappa shape index (κ3) is 7.88. The molecule has 9 heteroatoms. The molecule has 1 aliphatic heterocycles. The van der Waals surface area contributed by atoms with Crippen LogP contribution in [0, 0.1) is 6.92 Å². The lowest BCUT2D eigenvalue weighted by Gasteiger charge is -1.96. The molecule has 134 valence electrons. The molecule has 0 unspecified atom stereocenters. The lowest BCUT2D eigenvalue weighted by atomic mass is 10.2. The van der Waals surface area contributed by atoms with Crippen molar-refractivity contribution < 1.29 is 22.6 Å². The van der Waals surface area contributed by atoms with Gasteiger partial charge in [-0.25, -0.2) is 0 Å². The number of aryl methyl sites for hydroxylation is 1. The number of carbonyl (C=O) groups excluding carboxylic acids is 2. The van der Waals surface area contributed by atoms with Crippen molar-refractivity contribution in [3.8, 4) is 0 Å². The largest absolute Gasteiger partial charge is 0.294 e. The van der Waals surface area contributed by atoms with Gasteiger partial charge in [-0.2, -0.15) is 12.8 Å². The summed E-state index contributed by atoms with van der Waals surface area (Å²) in [5.41, 5.74) is 0.956. The number of rotatable bonds is 1. The number of imide groups is 1. The van der Waals surface area contributed by atoms with Gasteiger partial charge in [-0.3, -0.25) is 19.1 Å². The quantitative estimate of drug-likeness (QED) is 0.460. The summed E-state index contributed by atoms with van der Waals surface area (Å²) >= 11 is 5.15. The molecule has 1 fully saturated rings. The highest BCUT2D eigenvalue weighted by Gasteiger charge is 2.26. The van der Waals surface area contributed by atoms with Crippen LogP contribution in [0.15, 0.2) is 59.8 Å². The van der Waals surface area contributed by atoms with Crippen molar-refractivity contribution in [2.24, 2.45) is 0 Å². The van der Waals surface area contributed by atoms with Crippen LogP contribution in [0.3, 0.4) is 0 Å². The van der Waals surface area contributed by atoms with Gasteiger partial charge in [0.05, 0.1) is 4.90 Å². The number of hydrogen-bond donors (Lipinski definition) is 1. The Morgan fingerprint density at radius 2 is 1.48 bits per heavy atom. The molecular weight excluding hydrogens is 368 g/mol. The van der Waals surface area contributed by atoms with Crippen molar-refractivity contribution >= 4 is 33.7 Å². The summed E-state index contributed by atoms with van der Waals surface area (Å²) in [6.45, 7) is 1.84. The highest BCUT2D eigenvalue weighted by molar-refractivity contribution is 7.85. The van der Waals surface area contributed by atoms with Crippen LogP contribution in [-0.2, 0) is 19.7 Å². The van der Waals surface area contributed by atoms with Crippen LogP contribution < -0.4 is 0 Å². The van der Waals surface area contributed by atoms with Gasteiger partial charge >= 0.3 is 0 Å². The molecule has 1 aliphatic rings. The van der Waals surface area contributed by atoms with E-state index >= 15 is 0 Å². The van der Waals surface area contributed by atoms with Gasteiger partial charge in [0.25, 0.3) is 10.1 Å². The minimum absolute atomic E-state index is 0.0666. The maximum Gasteiger partial charge on any atom is 0.294 e. The molecule has 1 saturated heterocycles. The highest BCUT2D eigenvalue weighted by atomic mass is 35.5. The molecule has 0 atom stereocenters. The number of carbonyl (C=O) groups is 2. The van der Waals surface area contributed by atoms with Crippen molar-refractivity contribution in [3.63, 3.8) is 0 Å². The molecule has 0 radical (unpaired) electrons. The molecule has 2 heterocycles. The van der Waals surface area contributed by atoms with Crippen molar-refractivity contribution in [2.75, 3.05) is 0 Å². The average molecular weight is 385 g/mol. The standard InChI is InChI=1S/C7H8O3S.C5H5N.C4H4ClNO2/c1-6-2-4-7(5-3-6)11(8,9)10;1-2-4-6-5-3-1;5-6-3(7)1-2-4(6)8/h2-5H,1H3,(H,8,9,10);1-5H;1-2H2. The number of halogens is 1. The first-order chi connectivity index (χ1) is 11.7. The van der Waals surface area contributed by atoms with Crippen molar-refractivity contribution in [3.05, 3.63) is 60.4 Å². The first-order valence-electron chi connectivity index (χ1n) is 7.12. The van der Waals surface area contributed by atoms with E-state index in [9.17, 15) is 18.0 Å². The monoisotopic (exact) mass is 384 g/mol. The minimum Gasteiger partial charge on any atom is -0.282 e. The predicted octanol–water partition coefficient (Wildman–Crippen LogP) is 2.61. The molecule has 0 spiro atoms. The topological polar surface area (TPSA) is 105 Å². The number of amides is 2. The van der Waals surface area contributed by atoms with Crippen LogP contribution in [0.4, 0.5) is 0 Å². The molecule has 0 saturated carbocycles. The van der Waals surface area contributed by atoms with Gasteiger partial charge in [0.2, 0.25) is 11.8 Å². The van der Waals surface area contributed by atoms with E-state index < -0.39 is 10.1 Å². The molecule has 2 amide bonds. The zero-order valence-corrected chi connectivity index (χ0v) is 14.9. The van der Waals surface area contributed by atoms with Crippen LogP contribution >= 0.6 is 11.8 Å². The highest BCUT2D eigenvalue weighted by Crippen LogP contribution is 2.12. The predicted molar refractivity (Wildman–Crippen MR) is 92.2 cm³/mol. The lowest BCUT2D eigenvalue weighted by Crippen LogP contribution is -2.16. The first kappa shape index (κ1) is 20.8. The Balaban J connectivity index is 0.000000197. The third-order valence-corrected chi connectivity index (χ3v) is 4.12. The van der Waals surface area contributed by atoms with E-state index in [1.54, 1.807) is 24.5 Å². The van der Waals surface area contributed by atoms with Gasteiger partial charge in [-0.05, 0) is 31.2 Å². The Hall–Kier alpha value is -2.29. The van der Waals surface area contributed by atoms with Gasteiger partial charge in [0.15, 0.2) is 0 Å². The normalized spacial score (nSPS) is 13.5. The molecule has 1 N–H and O–H groups in total. The summed E-state index contributed by atoms with van der Waals surface area (Å²) in [5, 5.41) is 0. The second-order valence-corrected chi connectivity index (χ2v) is 6.64. The third-order valence-electron chi connectivity index (χ3n) is 2.88. The Kier molecular flexibility index (Phi) is 8.20. The van der Waals surface area contributed by atoms with Crippen LogP contribution in [0.5, 0.6) is 0 Å². The number of aromatic nitrogens is 1. The Morgan fingerprint density at radius 3 is 1.72 bits per heavy atom. The summed E-state index contributed by atoms with van der Waals surface area (Å²) in [5.74, 6) is -0.590. The second-order valence-electron chi connectivity index (χ2n) is 4.88. The lowest BCUT2D eigenvalue weighted by molar-refractivity contribution is -0.132. The van der Waals surface area contributed by atoms with Crippen LogP contribution in [-0.4, -0.2) is 34.2 Å². The van der Waals surface area contributed by atoms with E-state index in [4.69, 9.17) is 16.3 Å². The van der Waals surface area contributed by atoms with E-state index in [0.717, 1.165) is 5.56 Å². The zero-order valence-electron chi connectivity index (χ0n) is 13.4. The van der Waals surface area contributed by atoms with E-state index in [1.165, 1.54) is 12.1 Å². The summed E-state index contributed by atoms with van der Waals surface area (Å²) in [7, 11) is -4.02. The Labute approximate surface area is 151 Å². The van der Waals surface area contributed by atoms with Gasteiger partial charge in [0, 0.05) is 37.0 Å². The smallest absolute Gasteiger partial charge is 0.282 e. The molecule has 1 aromatic heterocycles. The molecule has 0 bridgehead atoms. The summed E-state index contributed by atoms with van der Waals surface area (Å²) in [4.78, 5) is 24.4. The van der Waals surface area contributed by atoms with Gasteiger partial charge < -0.3 is 0 Å². The molecule has 2 aromatic rings. The van der Waals surface area contributed by atoms with Crippen LogP contribution in [0.1, 0.15) is 18.4 Å². The molecule has 0 aliphatic carbocycles. The van der Waals surface area contributed by atoms with Crippen molar-refractivity contribution in [1.29, 1.82) is 0 Å². The number of hydrogen-bond acceptors (Lipinski definition) is 5.